The summed E-state index contributed by atoms with van der Waals surface area (Å²) in [6.45, 7) is 0. The van der Waals surface area contributed by atoms with E-state index in [1.807, 2.05) is 0 Å². The third-order valence-corrected chi connectivity index (χ3v) is 1.92. The Morgan fingerprint density at radius 1 is 1.53 bits per heavy atom. The van der Waals surface area contributed by atoms with Crippen LogP contribution in [0, 0.1) is 0 Å². The Morgan fingerprint density at radius 2 is 2.13 bits per heavy atom. The number of hydrogen-bond donors (Lipinski definition) is 1. The molecule has 0 saturated carbocycles. The van der Waals surface area contributed by atoms with Crippen molar-refractivity contribution in [2.24, 2.45) is 0 Å². The highest BCUT2D eigenvalue weighted by Gasteiger charge is 2.31. The number of rotatable bonds is 2. The van der Waals surface area contributed by atoms with E-state index >= 15 is 0 Å². The van der Waals surface area contributed by atoms with Gasteiger partial charge in [-0.15, -0.1) is 0 Å². The van der Waals surface area contributed by atoms with Crippen molar-refractivity contribution in [1.82, 2.24) is 4.98 Å². The Bertz CT molecular complexity index is 392. The van der Waals surface area contributed by atoms with E-state index in [2.05, 4.69) is 4.98 Å². The quantitative estimate of drug-likeness (QED) is 0.806. The van der Waals surface area contributed by atoms with Crippen LogP contribution in [-0.2, 0) is 17.4 Å². The molecular formula is C8H5ClF3NO2. The van der Waals surface area contributed by atoms with Gasteiger partial charge in [0.15, 0.2) is 0 Å². The van der Waals surface area contributed by atoms with Crippen LogP contribution in [0.5, 0.6) is 0 Å². The second kappa shape index (κ2) is 4.06. The van der Waals surface area contributed by atoms with Gasteiger partial charge in [-0.05, 0) is 6.07 Å². The summed E-state index contributed by atoms with van der Waals surface area (Å²) in [5.41, 5.74) is -1.16. The number of aliphatic carboxylic acids is 1. The number of carbonyl (C=O) groups is 1. The second-order valence-corrected chi connectivity index (χ2v) is 3.10. The van der Waals surface area contributed by atoms with E-state index in [0.29, 0.717) is 12.3 Å². The number of aromatic nitrogens is 1. The standard InChI is InChI=1S/C8H5ClF3NO2/c9-7-4(2-6(14)15)1-5(3-13-7)8(10,11)12/h1,3H,2H2,(H,14,15). The molecule has 3 nitrogen and oxygen atoms in total. The van der Waals surface area contributed by atoms with Crippen LogP contribution in [0.25, 0.3) is 0 Å². The number of alkyl halides is 3. The SMILES string of the molecule is O=C(O)Cc1cc(C(F)(F)F)cnc1Cl. The molecule has 0 amide bonds. The highest BCUT2D eigenvalue weighted by molar-refractivity contribution is 6.30. The molecule has 1 aromatic rings. The molecule has 1 heterocycles. The van der Waals surface area contributed by atoms with E-state index in [-0.39, 0.29) is 10.7 Å². The van der Waals surface area contributed by atoms with Crippen LogP contribution < -0.4 is 0 Å². The fraction of sp³-hybridized carbons (Fsp3) is 0.250. The van der Waals surface area contributed by atoms with Crippen LogP contribution in [0.15, 0.2) is 12.3 Å². The van der Waals surface area contributed by atoms with Crippen molar-refractivity contribution in [2.45, 2.75) is 12.6 Å². The van der Waals surface area contributed by atoms with E-state index in [1.54, 1.807) is 0 Å². The minimum atomic E-state index is -4.55. The molecule has 1 N–H and O–H groups in total. The highest BCUT2D eigenvalue weighted by Crippen LogP contribution is 2.30. The topological polar surface area (TPSA) is 50.2 Å². The summed E-state index contributed by atoms with van der Waals surface area (Å²) in [6, 6.07) is 0.684. The summed E-state index contributed by atoms with van der Waals surface area (Å²) in [7, 11) is 0. The van der Waals surface area contributed by atoms with Gasteiger partial charge in [0.1, 0.15) is 5.15 Å². The van der Waals surface area contributed by atoms with Gasteiger partial charge in [-0.1, -0.05) is 11.6 Å². The first-order valence-corrected chi connectivity index (χ1v) is 4.12. The van der Waals surface area contributed by atoms with Crippen molar-refractivity contribution in [3.8, 4) is 0 Å². The van der Waals surface area contributed by atoms with Gasteiger partial charge in [0, 0.05) is 11.8 Å². The van der Waals surface area contributed by atoms with Gasteiger partial charge in [-0.3, -0.25) is 4.79 Å². The molecule has 15 heavy (non-hydrogen) atoms. The molecule has 0 aromatic carbocycles. The zero-order valence-electron chi connectivity index (χ0n) is 7.18. The lowest BCUT2D eigenvalue weighted by molar-refractivity contribution is -0.139. The molecule has 0 aliphatic rings. The van der Waals surface area contributed by atoms with Crippen molar-refractivity contribution in [1.29, 1.82) is 0 Å². The molecule has 1 aromatic heterocycles. The molecule has 0 bridgehead atoms. The maximum absolute atomic E-state index is 12.2. The monoisotopic (exact) mass is 239 g/mol. The lowest BCUT2D eigenvalue weighted by atomic mass is 10.1. The van der Waals surface area contributed by atoms with E-state index in [0.717, 1.165) is 0 Å². The molecular weight excluding hydrogens is 235 g/mol. The van der Waals surface area contributed by atoms with E-state index < -0.39 is 24.1 Å². The Kier molecular flexibility index (Phi) is 3.18. The average Bonchev–Trinajstić information content (AvgIpc) is 2.06. The summed E-state index contributed by atoms with van der Waals surface area (Å²) in [5.74, 6) is -1.27. The van der Waals surface area contributed by atoms with Gasteiger partial charge in [0.25, 0.3) is 0 Å². The predicted molar refractivity (Wildman–Crippen MR) is 45.6 cm³/mol. The Morgan fingerprint density at radius 3 is 2.60 bits per heavy atom. The molecule has 0 fully saturated rings. The molecule has 0 aliphatic heterocycles. The molecule has 0 atom stereocenters. The van der Waals surface area contributed by atoms with E-state index in [1.165, 1.54) is 0 Å². The van der Waals surface area contributed by atoms with E-state index in [9.17, 15) is 18.0 Å². The van der Waals surface area contributed by atoms with Crippen LogP contribution in [0.2, 0.25) is 5.15 Å². The molecule has 82 valence electrons. The van der Waals surface area contributed by atoms with Crippen molar-refractivity contribution >= 4 is 17.6 Å². The van der Waals surface area contributed by atoms with Crippen LogP contribution in [0.3, 0.4) is 0 Å². The summed E-state index contributed by atoms with van der Waals surface area (Å²) in [4.78, 5) is 13.6. The first kappa shape index (κ1) is 11.8. The maximum Gasteiger partial charge on any atom is 0.417 e. The summed E-state index contributed by atoms with van der Waals surface area (Å²) < 4.78 is 36.6. The average molecular weight is 240 g/mol. The van der Waals surface area contributed by atoms with E-state index in [4.69, 9.17) is 16.7 Å². The van der Waals surface area contributed by atoms with Gasteiger partial charge >= 0.3 is 12.1 Å². The van der Waals surface area contributed by atoms with Gasteiger partial charge in [-0.2, -0.15) is 13.2 Å². The Balaban J connectivity index is 3.11. The third-order valence-electron chi connectivity index (χ3n) is 1.58. The van der Waals surface area contributed by atoms with Crippen molar-refractivity contribution < 1.29 is 23.1 Å². The molecule has 0 saturated heterocycles. The van der Waals surface area contributed by atoms with Crippen molar-refractivity contribution in [3.05, 3.63) is 28.5 Å². The first-order chi connectivity index (χ1) is 6.80. The molecule has 0 spiro atoms. The second-order valence-electron chi connectivity index (χ2n) is 2.74. The van der Waals surface area contributed by atoms with Crippen LogP contribution in [0.4, 0.5) is 13.2 Å². The van der Waals surface area contributed by atoms with Crippen molar-refractivity contribution in [2.75, 3.05) is 0 Å². The Hall–Kier alpha value is -1.30. The minimum absolute atomic E-state index is 0.154. The fourth-order valence-electron chi connectivity index (χ4n) is 0.936. The summed E-state index contributed by atoms with van der Waals surface area (Å²) >= 11 is 5.45. The third kappa shape index (κ3) is 3.09. The largest absolute Gasteiger partial charge is 0.481 e. The van der Waals surface area contributed by atoms with Crippen LogP contribution in [0.1, 0.15) is 11.1 Å². The lowest BCUT2D eigenvalue weighted by Gasteiger charge is -2.08. The van der Waals surface area contributed by atoms with Gasteiger partial charge < -0.3 is 5.11 Å². The number of carboxylic acid groups (broad SMARTS) is 1. The van der Waals surface area contributed by atoms with Gasteiger partial charge in [0.2, 0.25) is 0 Å². The zero-order chi connectivity index (χ0) is 11.6. The number of halogens is 4. The first-order valence-electron chi connectivity index (χ1n) is 3.74. The lowest BCUT2D eigenvalue weighted by Crippen LogP contribution is -2.09. The van der Waals surface area contributed by atoms with Crippen molar-refractivity contribution in [3.63, 3.8) is 0 Å². The molecule has 0 aliphatic carbocycles. The number of carboxylic acids is 1. The number of pyridine rings is 1. The smallest absolute Gasteiger partial charge is 0.417 e. The maximum atomic E-state index is 12.2. The Labute approximate surface area is 87.5 Å². The predicted octanol–water partition coefficient (Wildman–Crippen LogP) is 2.38. The summed E-state index contributed by atoms with van der Waals surface area (Å²) in [6.07, 6.45) is -4.58. The van der Waals surface area contributed by atoms with Gasteiger partial charge in [0.05, 0.1) is 12.0 Å². The minimum Gasteiger partial charge on any atom is -0.481 e. The normalized spacial score (nSPS) is 11.5. The zero-order valence-corrected chi connectivity index (χ0v) is 7.93. The van der Waals surface area contributed by atoms with Crippen LogP contribution >= 0.6 is 11.6 Å². The molecule has 0 unspecified atom stereocenters. The van der Waals surface area contributed by atoms with Crippen LogP contribution in [-0.4, -0.2) is 16.1 Å². The number of nitrogens with zero attached hydrogens (tertiary/aromatic N) is 1. The molecule has 0 radical (unpaired) electrons. The van der Waals surface area contributed by atoms with Gasteiger partial charge in [-0.25, -0.2) is 4.98 Å². The molecule has 7 heteroatoms. The molecule has 1 rings (SSSR count). The highest BCUT2D eigenvalue weighted by atomic mass is 35.5. The number of hydrogen-bond acceptors (Lipinski definition) is 2. The fourth-order valence-corrected chi connectivity index (χ4v) is 1.11. The summed E-state index contributed by atoms with van der Waals surface area (Å²) in [5, 5.41) is 8.19.